The van der Waals surface area contributed by atoms with Gasteiger partial charge < -0.3 is 14.2 Å². The van der Waals surface area contributed by atoms with Crippen LogP contribution >= 0.6 is 0 Å². The molecule has 0 saturated carbocycles. The van der Waals surface area contributed by atoms with Crippen molar-refractivity contribution in [1.82, 2.24) is 0 Å². The van der Waals surface area contributed by atoms with Gasteiger partial charge in [-0.15, -0.1) is 0 Å². The van der Waals surface area contributed by atoms with Crippen LogP contribution in [0.25, 0.3) is 0 Å². The highest BCUT2D eigenvalue weighted by Crippen LogP contribution is 2.33. The van der Waals surface area contributed by atoms with Gasteiger partial charge in [-0.1, -0.05) is 91.9 Å². The smallest absolute Gasteiger partial charge is 0.285 e. The predicted octanol–water partition coefficient (Wildman–Crippen LogP) is 7.48. The first-order valence-electron chi connectivity index (χ1n) is 11.5. The molecule has 0 N–H and O–H groups in total. The minimum atomic E-state index is -0.848. The van der Waals surface area contributed by atoms with Gasteiger partial charge in [-0.05, 0) is 25.7 Å². The van der Waals surface area contributed by atoms with E-state index >= 15 is 0 Å². The van der Waals surface area contributed by atoms with Gasteiger partial charge in [-0.2, -0.15) is 0 Å². The molecule has 0 spiro atoms. The fourth-order valence-electron chi connectivity index (χ4n) is 3.50. The third-order valence-corrected chi connectivity index (χ3v) is 5.29. The molecule has 0 aromatic heterocycles. The van der Waals surface area contributed by atoms with E-state index < -0.39 is 5.97 Å². The van der Waals surface area contributed by atoms with Crippen molar-refractivity contribution < 1.29 is 14.2 Å². The summed E-state index contributed by atoms with van der Waals surface area (Å²) in [4.78, 5) is 0. The molecule has 0 rings (SSSR count). The Labute approximate surface area is 164 Å². The summed E-state index contributed by atoms with van der Waals surface area (Å²) in [6.45, 7) is 10.4. The van der Waals surface area contributed by atoms with Crippen LogP contribution in [0, 0.1) is 5.92 Å². The molecule has 0 heterocycles. The summed E-state index contributed by atoms with van der Waals surface area (Å²) in [5.41, 5.74) is 0. The van der Waals surface area contributed by atoms with Crippen molar-refractivity contribution in [3.05, 3.63) is 0 Å². The van der Waals surface area contributed by atoms with E-state index in [0.717, 1.165) is 38.9 Å². The molecule has 1 unspecified atom stereocenters. The molecule has 26 heavy (non-hydrogen) atoms. The Bertz CT molecular complexity index is 269. The average molecular weight is 373 g/mol. The van der Waals surface area contributed by atoms with Crippen LogP contribution in [-0.4, -0.2) is 26.3 Å². The monoisotopic (exact) mass is 372 g/mol. The van der Waals surface area contributed by atoms with E-state index in [1.54, 1.807) is 7.11 Å². The minimum Gasteiger partial charge on any atom is -0.331 e. The van der Waals surface area contributed by atoms with Gasteiger partial charge in [0.25, 0.3) is 5.97 Å². The zero-order valence-corrected chi connectivity index (χ0v) is 18.6. The molecule has 0 amide bonds. The lowest BCUT2D eigenvalue weighted by Crippen LogP contribution is -2.46. The van der Waals surface area contributed by atoms with Gasteiger partial charge in [0.05, 0.1) is 13.2 Å². The summed E-state index contributed by atoms with van der Waals surface area (Å²) < 4.78 is 18.4. The van der Waals surface area contributed by atoms with Gasteiger partial charge in [0.1, 0.15) is 0 Å². The maximum atomic E-state index is 6.27. The van der Waals surface area contributed by atoms with Gasteiger partial charge in [0.15, 0.2) is 0 Å². The number of hydrogen-bond donors (Lipinski definition) is 0. The molecule has 3 nitrogen and oxygen atoms in total. The van der Waals surface area contributed by atoms with Crippen LogP contribution in [0.5, 0.6) is 0 Å². The van der Waals surface area contributed by atoms with Gasteiger partial charge in [-0.25, -0.2) is 0 Å². The molecule has 158 valence electrons. The molecule has 1 atom stereocenters. The molecule has 0 aromatic rings. The fraction of sp³-hybridized carbons (Fsp3) is 1.00. The van der Waals surface area contributed by atoms with E-state index in [-0.39, 0.29) is 0 Å². The van der Waals surface area contributed by atoms with E-state index in [0.29, 0.717) is 5.92 Å². The van der Waals surface area contributed by atoms with Crippen molar-refractivity contribution in [2.45, 2.75) is 124 Å². The zero-order chi connectivity index (χ0) is 19.5. The van der Waals surface area contributed by atoms with Gasteiger partial charge >= 0.3 is 0 Å². The zero-order valence-electron chi connectivity index (χ0n) is 18.6. The number of rotatable bonds is 20. The molecule has 0 fully saturated rings. The third-order valence-electron chi connectivity index (χ3n) is 5.29. The quantitative estimate of drug-likeness (QED) is 0.164. The van der Waals surface area contributed by atoms with Crippen molar-refractivity contribution in [1.29, 1.82) is 0 Å². The standard InChI is InChI=1S/C23H48O3/c1-6-10-13-14-15-16-19-22(9-4)23(24-5,25-20-17-11-7-2)26-21-18-12-8-3/h22H,6-21H2,1-5H3. The van der Waals surface area contributed by atoms with Crippen LogP contribution in [-0.2, 0) is 14.2 Å². The van der Waals surface area contributed by atoms with Crippen molar-refractivity contribution in [2.75, 3.05) is 20.3 Å². The maximum Gasteiger partial charge on any atom is 0.285 e. The highest BCUT2D eigenvalue weighted by Gasteiger charge is 2.40. The molecular weight excluding hydrogens is 324 g/mol. The number of ether oxygens (including phenoxy) is 3. The first-order valence-corrected chi connectivity index (χ1v) is 11.5. The summed E-state index contributed by atoms with van der Waals surface area (Å²) in [6, 6.07) is 0. The molecule has 0 aliphatic rings. The molecule has 0 aliphatic heterocycles. The van der Waals surface area contributed by atoms with Crippen LogP contribution in [0.2, 0.25) is 0 Å². The Kier molecular flexibility index (Phi) is 18.2. The predicted molar refractivity (Wildman–Crippen MR) is 112 cm³/mol. The molecule has 0 saturated heterocycles. The molecule has 0 aliphatic carbocycles. The van der Waals surface area contributed by atoms with Crippen molar-refractivity contribution in [2.24, 2.45) is 5.92 Å². The van der Waals surface area contributed by atoms with E-state index in [9.17, 15) is 0 Å². The second-order valence-electron chi connectivity index (χ2n) is 7.58. The van der Waals surface area contributed by atoms with E-state index in [4.69, 9.17) is 14.2 Å². The van der Waals surface area contributed by atoms with E-state index in [1.165, 1.54) is 64.2 Å². The number of methoxy groups -OCH3 is 1. The molecule has 3 heteroatoms. The Balaban J connectivity index is 4.63. The summed E-state index contributed by atoms with van der Waals surface area (Å²) in [5.74, 6) is -0.540. The van der Waals surface area contributed by atoms with Crippen molar-refractivity contribution in [3.8, 4) is 0 Å². The highest BCUT2D eigenvalue weighted by atomic mass is 16.9. The maximum absolute atomic E-state index is 6.27. The highest BCUT2D eigenvalue weighted by molar-refractivity contribution is 4.71. The lowest BCUT2D eigenvalue weighted by atomic mass is 9.95. The Hall–Kier alpha value is -0.120. The lowest BCUT2D eigenvalue weighted by Gasteiger charge is -2.38. The number of hydrogen-bond acceptors (Lipinski definition) is 3. The van der Waals surface area contributed by atoms with E-state index in [2.05, 4.69) is 27.7 Å². The van der Waals surface area contributed by atoms with Crippen molar-refractivity contribution >= 4 is 0 Å². The first kappa shape index (κ1) is 25.9. The van der Waals surface area contributed by atoms with Crippen LogP contribution in [0.1, 0.15) is 118 Å². The Morgan fingerprint density at radius 2 is 1.08 bits per heavy atom. The molecule has 0 aromatic carbocycles. The minimum absolute atomic E-state index is 0.307. The summed E-state index contributed by atoms with van der Waals surface area (Å²) in [5, 5.41) is 0. The van der Waals surface area contributed by atoms with Crippen LogP contribution in [0.15, 0.2) is 0 Å². The number of unbranched alkanes of at least 4 members (excludes halogenated alkanes) is 9. The third kappa shape index (κ3) is 11.6. The van der Waals surface area contributed by atoms with Crippen LogP contribution in [0.4, 0.5) is 0 Å². The normalized spacial score (nSPS) is 13.3. The molecule has 0 radical (unpaired) electrons. The van der Waals surface area contributed by atoms with E-state index in [1.807, 2.05) is 0 Å². The van der Waals surface area contributed by atoms with Gasteiger partial charge in [-0.3, -0.25) is 0 Å². The average Bonchev–Trinajstić information content (AvgIpc) is 2.67. The molecular formula is C23H48O3. The topological polar surface area (TPSA) is 27.7 Å². The Morgan fingerprint density at radius 3 is 1.54 bits per heavy atom. The van der Waals surface area contributed by atoms with Crippen LogP contribution < -0.4 is 0 Å². The largest absolute Gasteiger partial charge is 0.331 e. The SMILES string of the molecule is CCCCCCCCC(CC)C(OC)(OCCCCC)OCCCCC. The van der Waals surface area contributed by atoms with Gasteiger partial charge in [0.2, 0.25) is 0 Å². The second kappa shape index (κ2) is 18.3. The fourth-order valence-corrected chi connectivity index (χ4v) is 3.50. The molecule has 0 bridgehead atoms. The van der Waals surface area contributed by atoms with Gasteiger partial charge in [0, 0.05) is 13.0 Å². The first-order chi connectivity index (χ1) is 12.7. The Morgan fingerprint density at radius 1 is 0.615 bits per heavy atom. The summed E-state index contributed by atoms with van der Waals surface area (Å²) >= 11 is 0. The van der Waals surface area contributed by atoms with Crippen LogP contribution in [0.3, 0.4) is 0 Å². The summed E-state index contributed by atoms with van der Waals surface area (Å²) in [7, 11) is 1.75. The second-order valence-corrected chi connectivity index (χ2v) is 7.58. The summed E-state index contributed by atoms with van der Waals surface area (Å²) in [6.07, 6.45) is 17.0. The van der Waals surface area contributed by atoms with Crippen molar-refractivity contribution in [3.63, 3.8) is 0 Å². The lowest BCUT2D eigenvalue weighted by molar-refractivity contribution is -0.398.